The predicted molar refractivity (Wildman–Crippen MR) is 69.8 cm³/mol. The Bertz CT molecular complexity index is 619. The molecule has 0 fully saturated rings. The Morgan fingerprint density at radius 2 is 1.90 bits per heavy atom. The summed E-state index contributed by atoms with van der Waals surface area (Å²) >= 11 is 5.68. The molecule has 120 valence electrons. The highest BCUT2D eigenvalue weighted by Gasteiger charge is 2.32. The topological polar surface area (TPSA) is 63.4 Å². The molecule has 0 aliphatic carbocycles. The molecule has 0 aromatic heterocycles. The van der Waals surface area contributed by atoms with Crippen LogP contribution in [0.15, 0.2) is 17.0 Å². The number of benzene rings is 1. The molecule has 0 spiro atoms. The van der Waals surface area contributed by atoms with Crippen LogP contribution in [0, 0.1) is 5.82 Å². The minimum atomic E-state index is -4.51. The van der Waals surface area contributed by atoms with Gasteiger partial charge < -0.3 is 5.73 Å². The fourth-order valence-electron chi connectivity index (χ4n) is 1.53. The molecule has 0 radical (unpaired) electrons. The quantitative estimate of drug-likeness (QED) is 0.832. The van der Waals surface area contributed by atoms with Crippen molar-refractivity contribution in [2.75, 3.05) is 13.6 Å². The van der Waals surface area contributed by atoms with Gasteiger partial charge in [0.25, 0.3) is 0 Å². The van der Waals surface area contributed by atoms with E-state index < -0.39 is 39.9 Å². The highest BCUT2D eigenvalue weighted by Crippen LogP contribution is 2.27. The second-order valence-corrected chi connectivity index (χ2v) is 6.72. The molecule has 0 unspecified atom stereocenters. The zero-order valence-electron chi connectivity index (χ0n) is 10.9. The molecule has 0 aliphatic heterocycles. The minimum Gasteiger partial charge on any atom is -0.326 e. The lowest BCUT2D eigenvalue weighted by molar-refractivity contribution is -0.135. The largest absolute Gasteiger partial charge is 0.390 e. The van der Waals surface area contributed by atoms with Crippen LogP contribution in [0.25, 0.3) is 0 Å². The van der Waals surface area contributed by atoms with Crippen molar-refractivity contribution < 1.29 is 26.0 Å². The van der Waals surface area contributed by atoms with Gasteiger partial charge in [-0.25, -0.2) is 17.1 Å². The lowest BCUT2D eigenvalue weighted by Gasteiger charge is -2.19. The summed E-state index contributed by atoms with van der Waals surface area (Å²) in [6.45, 7) is -1.11. The smallest absolute Gasteiger partial charge is 0.326 e. The molecular weight excluding hydrogens is 336 g/mol. The van der Waals surface area contributed by atoms with Gasteiger partial charge in [0.1, 0.15) is 10.7 Å². The van der Waals surface area contributed by atoms with E-state index in [1.165, 1.54) is 0 Å². The molecule has 21 heavy (non-hydrogen) atoms. The van der Waals surface area contributed by atoms with Gasteiger partial charge in [-0.05, 0) is 12.1 Å². The van der Waals surface area contributed by atoms with E-state index in [9.17, 15) is 26.0 Å². The van der Waals surface area contributed by atoms with E-state index in [0.29, 0.717) is 4.31 Å². The highest BCUT2D eigenvalue weighted by atomic mass is 35.5. The molecule has 0 amide bonds. The summed E-state index contributed by atoms with van der Waals surface area (Å²) in [7, 11) is -3.49. The van der Waals surface area contributed by atoms with Crippen LogP contribution in [0.3, 0.4) is 0 Å². The Morgan fingerprint density at radius 3 is 2.38 bits per heavy atom. The minimum absolute atomic E-state index is 0.0698. The predicted octanol–water partition coefficient (Wildman–Crippen LogP) is 2.51. The molecule has 1 rings (SSSR count). The monoisotopic (exact) mass is 348 g/mol. The molecule has 0 saturated heterocycles. The zero-order valence-corrected chi connectivity index (χ0v) is 12.5. The van der Waals surface area contributed by atoms with Crippen molar-refractivity contribution in [1.82, 2.24) is 4.31 Å². The number of hydrogen-bond acceptors (Lipinski definition) is 3. The van der Waals surface area contributed by atoms with Crippen molar-refractivity contribution in [3.63, 3.8) is 0 Å². The summed E-state index contributed by atoms with van der Waals surface area (Å²) in [5.74, 6) is -1.11. The molecular formula is C11H13ClF4N2O2S. The van der Waals surface area contributed by atoms with Crippen LogP contribution < -0.4 is 5.73 Å². The van der Waals surface area contributed by atoms with Gasteiger partial charge in [-0.3, -0.25) is 0 Å². The number of sulfonamides is 1. The number of halogens is 5. The van der Waals surface area contributed by atoms with Crippen molar-refractivity contribution >= 4 is 21.6 Å². The Hall–Kier alpha value is -0.900. The zero-order chi connectivity index (χ0) is 16.4. The maximum atomic E-state index is 14.0. The molecule has 0 aliphatic rings. The van der Waals surface area contributed by atoms with Crippen LogP contribution >= 0.6 is 11.6 Å². The van der Waals surface area contributed by atoms with Crippen molar-refractivity contribution in [2.24, 2.45) is 5.73 Å². The van der Waals surface area contributed by atoms with Crippen molar-refractivity contribution in [3.05, 3.63) is 28.5 Å². The standard InChI is InChI=1S/C11H13ClF4N2O2S/c1-18(3-2-11(14,15)16)21(19,20)9-5-8(12)4-7(6-17)10(9)13/h4-5H,2-3,6,17H2,1H3. The molecule has 0 heterocycles. The average Bonchev–Trinajstić information content (AvgIpc) is 2.36. The highest BCUT2D eigenvalue weighted by molar-refractivity contribution is 7.89. The van der Waals surface area contributed by atoms with Crippen LogP contribution in [0.5, 0.6) is 0 Å². The van der Waals surface area contributed by atoms with Gasteiger partial charge in [0.2, 0.25) is 10.0 Å². The van der Waals surface area contributed by atoms with E-state index in [2.05, 4.69) is 0 Å². The molecule has 1 aromatic rings. The molecule has 10 heteroatoms. The lowest BCUT2D eigenvalue weighted by Crippen LogP contribution is -2.31. The van der Waals surface area contributed by atoms with Crippen LogP contribution in [-0.2, 0) is 16.6 Å². The SMILES string of the molecule is CN(CCC(F)(F)F)S(=O)(=O)c1cc(Cl)cc(CN)c1F. The maximum Gasteiger partial charge on any atom is 0.390 e. The first-order valence-corrected chi connectivity index (χ1v) is 7.52. The van der Waals surface area contributed by atoms with Crippen molar-refractivity contribution in [3.8, 4) is 0 Å². The summed E-state index contributed by atoms with van der Waals surface area (Å²) < 4.78 is 75.1. The number of nitrogens with zero attached hydrogens (tertiary/aromatic N) is 1. The van der Waals surface area contributed by atoms with Crippen molar-refractivity contribution in [2.45, 2.75) is 24.0 Å². The van der Waals surface area contributed by atoms with Crippen molar-refractivity contribution in [1.29, 1.82) is 0 Å². The number of nitrogens with two attached hydrogens (primary N) is 1. The second kappa shape index (κ2) is 6.47. The maximum absolute atomic E-state index is 14.0. The fraction of sp³-hybridized carbons (Fsp3) is 0.455. The molecule has 1 aromatic carbocycles. The Labute approximate surface area is 124 Å². The van der Waals surface area contributed by atoms with Gasteiger partial charge in [-0.2, -0.15) is 13.2 Å². The Morgan fingerprint density at radius 1 is 1.33 bits per heavy atom. The van der Waals surface area contributed by atoms with Gasteiger partial charge >= 0.3 is 6.18 Å². The third-order valence-electron chi connectivity index (χ3n) is 2.70. The number of rotatable bonds is 5. The first-order chi connectivity index (χ1) is 9.49. The Kier molecular flexibility index (Phi) is 5.59. The van der Waals surface area contributed by atoms with Gasteiger partial charge in [0.05, 0.1) is 6.42 Å². The Balaban J connectivity index is 3.16. The number of hydrogen-bond donors (Lipinski definition) is 1. The van der Waals surface area contributed by atoms with E-state index >= 15 is 0 Å². The molecule has 0 atom stereocenters. The first-order valence-electron chi connectivity index (χ1n) is 5.70. The van der Waals surface area contributed by atoms with E-state index in [-0.39, 0.29) is 17.1 Å². The van der Waals surface area contributed by atoms with Gasteiger partial charge in [0.15, 0.2) is 0 Å². The summed E-state index contributed by atoms with van der Waals surface area (Å²) in [4.78, 5) is -0.792. The van der Waals surface area contributed by atoms with Crippen LogP contribution in [0.4, 0.5) is 17.6 Å². The average molecular weight is 349 g/mol. The normalized spacial score (nSPS) is 13.0. The third-order valence-corrected chi connectivity index (χ3v) is 4.77. The summed E-state index contributed by atoms with van der Waals surface area (Å²) in [6.07, 6.45) is -5.85. The number of alkyl halides is 3. The van der Waals surface area contributed by atoms with E-state index in [1.54, 1.807) is 0 Å². The molecule has 0 saturated carbocycles. The van der Waals surface area contributed by atoms with E-state index in [4.69, 9.17) is 17.3 Å². The molecule has 2 N–H and O–H groups in total. The van der Waals surface area contributed by atoms with Crippen LogP contribution in [-0.4, -0.2) is 32.5 Å². The van der Waals surface area contributed by atoms with E-state index in [1.807, 2.05) is 0 Å². The van der Waals surface area contributed by atoms with Crippen LogP contribution in [0.1, 0.15) is 12.0 Å². The third kappa shape index (κ3) is 4.53. The lowest BCUT2D eigenvalue weighted by atomic mass is 10.2. The summed E-state index contributed by atoms with van der Waals surface area (Å²) in [5.41, 5.74) is 5.13. The second-order valence-electron chi connectivity index (χ2n) is 4.27. The van der Waals surface area contributed by atoms with Gasteiger partial charge in [0, 0.05) is 30.7 Å². The fourth-order valence-corrected chi connectivity index (χ4v) is 3.13. The molecule has 4 nitrogen and oxygen atoms in total. The van der Waals surface area contributed by atoms with Crippen LogP contribution in [0.2, 0.25) is 5.02 Å². The first kappa shape index (κ1) is 18.1. The van der Waals surface area contributed by atoms with Gasteiger partial charge in [-0.1, -0.05) is 11.6 Å². The van der Waals surface area contributed by atoms with Gasteiger partial charge in [-0.15, -0.1) is 0 Å². The molecule has 0 bridgehead atoms. The summed E-state index contributed by atoms with van der Waals surface area (Å²) in [5, 5.41) is -0.0698. The summed E-state index contributed by atoms with van der Waals surface area (Å²) in [6, 6.07) is 2.00. The van der Waals surface area contributed by atoms with E-state index in [0.717, 1.165) is 19.2 Å².